The fraction of sp³-hybridized carbons (Fsp3) is 0.500. The largest absolute Gasteiger partial charge is 0.395 e. The van der Waals surface area contributed by atoms with Crippen molar-refractivity contribution in [3.8, 4) is 0 Å². The molecule has 1 heterocycles. The Morgan fingerprint density at radius 3 is 2.73 bits per heavy atom. The third-order valence-electron chi connectivity index (χ3n) is 2.92. The Bertz CT molecular complexity index is 304. The molecule has 1 aliphatic rings. The molecule has 0 aromatic heterocycles. The predicted octanol–water partition coefficient (Wildman–Crippen LogP) is 1.59. The van der Waals surface area contributed by atoms with E-state index in [-0.39, 0.29) is 12.6 Å². The van der Waals surface area contributed by atoms with Gasteiger partial charge in [0.2, 0.25) is 0 Å². The number of nitrogens with zero attached hydrogens (tertiary/aromatic N) is 1. The maximum atomic E-state index is 13.2. The summed E-state index contributed by atoms with van der Waals surface area (Å²) in [5.41, 5.74) is 1.17. The number of benzene rings is 1. The van der Waals surface area contributed by atoms with Crippen molar-refractivity contribution in [1.29, 1.82) is 0 Å². The van der Waals surface area contributed by atoms with Crippen LogP contribution >= 0.6 is 0 Å². The van der Waals surface area contributed by atoms with Gasteiger partial charge in [0.25, 0.3) is 0 Å². The average Bonchev–Trinajstić information content (AvgIpc) is 2.60. The smallest absolute Gasteiger partial charge is 0.114 e. The van der Waals surface area contributed by atoms with Gasteiger partial charge in [-0.2, -0.15) is 0 Å². The molecule has 0 bridgehead atoms. The maximum Gasteiger partial charge on any atom is 0.114 e. The summed E-state index contributed by atoms with van der Waals surface area (Å²) in [5, 5.41) is 9.12. The van der Waals surface area contributed by atoms with Crippen LogP contribution in [0.4, 0.5) is 4.39 Å². The van der Waals surface area contributed by atoms with Crippen molar-refractivity contribution in [3.05, 3.63) is 35.9 Å². The van der Waals surface area contributed by atoms with E-state index in [1.165, 1.54) is 5.56 Å². The number of aliphatic hydroxyl groups excluding tert-OH is 1. The first-order chi connectivity index (χ1) is 7.29. The Morgan fingerprint density at radius 2 is 2.07 bits per heavy atom. The molecule has 82 valence electrons. The molecule has 0 spiro atoms. The van der Waals surface area contributed by atoms with Crippen LogP contribution in [0, 0.1) is 0 Å². The minimum atomic E-state index is -0.786. The lowest BCUT2D eigenvalue weighted by Gasteiger charge is -2.21. The molecule has 0 aliphatic carbocycles. The maximum absolute atomic E-state index is 13.2. The van der Waals surface area contributed by atoms with E-state index in [1.54, 1.807) is 0 Å². The second kappa shape index (κ2) is 4.73. The summed E-state index contributed by atoms with van der Waals surface area (Å²) < 4.78 is 13.2. The minimum Gasteiger partial charge on any atom is -0.395 e. The summed E-state index contributed by atoms with van der Waals surface area (Å²) in [5.74, 6) is 0. The number of alkyl halides is 1. The monoisotopic (exact) mass is 209 g/mol. The summed E-state index contributed by atoms with van der Waals surface area (Å²) in [6.45, 7) is 1.22. The van der Waals surface area contributed by atoms with Crippen LogP contribution in [0.3, 0.4) is 0 Å². The van der Waals surface area contributed by atoms with E-state index in [0.29, 0.717) is 13.0 Å². The third kappa shape index (κ3) is 2.55. The first kappa shape index (κ1) is 10.6. The predicted molar refractivity (Wildman–Crippen MR) is 57.2 cm³/mol. The highest BCUT2D eigenvalue weighted by Crippen LogP contribution is 2.22. The van der Waals surface area contributed by atoms with Gasteiger partial charge in [-0.15, -0.1) is 0 Å². The highest BCUT2D eigenvalue weighted by atomic mass is 19.1. The number of rotatable bonds is 3. The first-order valence-electron chi connectivity index (χ1n) is 5.32. The average molecular weight is 209 g/mol. The van der Waals surface area contributed by atoms with Crippen molar-refractivity contribution in [3.63, 3.8) is 0 Å². The summed E-state index contributed by atoms with van der Waals surface area (Å²) in [6, 6.07) is 9.97. The van der Waals surface area contributed by atoms with Gasteiger partial charge in [-0.1, -0.05) is 30.3 Å². The van der Waals surface area contributed by atoms with Gasteiger partial charge in [0.1, 0.15) is 6.17 Å². The zero-order valence-corrected chi connectivity index (χ0v) is 8.64. The number of likely N-dealkylation sites (tertiary alicyclic amines) is 1. The zero-order chi connectivity index (χ0) is 10.7. The van der Waals surface area contributed by atoms with Crippen molar-refractivity contribution < 1.29 is 9.50 Å². The first-order valence-corrected chi connectivity index (χ1v) is 5.32. The Hall–Kier alpha value is -0.930. The molecular weight excluding hydrogens is 193 g/mol. The molecule has 3 heteroatoms. The quantitative estimate of drug-likeness (QED) is 0.817. The van der Waals surface area contributed by atoms with Crippen LogP contribution in [0.5, 0.6) is 0 Å². The van der Waals surface area contributed by atoms with E-state index in [2.05, 4.69) is 0 Å². The molecule has 2 rings (SSSR count). The van der Waals surface area contributed by atoms with E-state index in [0.717, 1.165) is 6.54 Å². The molecule has 15 heavy (non-hydrogen) atoms. The molecule has 1 saturated heterocycles. The highest BCUT2D eigenvalue weighted by molar-refractivity contribution is 5.15. The fourth-order valence-electron chi connectivity index (χ4n) is 2.12. The molecule has 0 amide bonds. The number of hydrogen-bond donors (Lipinski definition) is 1. The molecule has 2 nitrogen and oxygen atoms in total. The van der Waals surface area contributed by atoms with Crippen molar-refractivity contribution in [2.45, 2.75) is 25.2 Å². The molecule has 1 aromatic carbocycles. The fourth-order valence-corrected chi connectivity index (χ4v) is 2.12. The molecule has 1 fully saturated rings. The summed E-state index contributed by atoms with van der Waals surface area (Å²) in [4.78, 5) is 2.01. The molecule has 2 unspecified atom stereocenters. The second-order valence-corrected chi connectivity index (χ2v) is 4.08. The van der Waals surface area contributed by atoms with Crippen LogP contribution in [0.25, 0.3) is 0 Å². The molecular formula is C12H16FNO. The van der Waals surface area contributed by atoms with Gasteiger partial charge in [-0.3, -0.25) is 4.90 Å². The lowest BCUT2D eigenvalue weighted by atomic mass is 10.2. The van der Waals surface area contributed by atoms with Gasteiger partial charge in [0.15, 0.2) is 0 Å². The van der Waals surface area contributed by atoms with Crippen molar-refractivity contribution >= 4 is 0 Å². The van der Waals surface area contributed by atoms with Crippen molar-refractivity contribution in [2.24, 2.45) is 0 Å². The second-order valence-electron chi connectivity index (χ2n) is 4.08. The van der Waals surface area contributed by atoms with E-state index >= 15 is 0 Å². The minimum absolute atomic E-state index is 0.0137. The lowest BCUT2D eigenvalue weighted by molar-refractivity contribution is 0.153. The summed E-state index contributed by atoms with van der Waals surface area (Å²) >= 11 is 0. The number of halogens is 1. The molecule has 0 saturated carbocycles. The molecule has 1 N–H and O–H groups in total. The van der Waals surface area contributed by atoms with E-state index in [1.807, 2.05) is 35.2 Å². The number of hydrogen-bond acceptors (Lipinski definition) is 2. The van der Waals surface area contributed by atoms with E-state index in [9.17, 15) is 4.39 Å². The van der Waals surface area contributed by atoms with E-state index < -0.39 is 6.17 Å². The van der Waals surface area contributed by atoms with Crippen LogP contribution < -0.4 is 0 Å². The van der Waals surface area contributed by atoms with Crippen molar-refractivity contribution in [1.82, 2.24) is 4.90 Å². The third-order valence-corrected chi connectivity index (χ3v) is 2.92. The summed E-state index contributed by atoms with van der Waals surface area (Å²) in [6.07, 6.45) is -0.325. The van der Waals surface area contributed by atoms with Gasteiger partial charge in [0, 0.05) is 19.1 Å². The topological polar surface area (TPSA) is 23.5 Å². The molecule has 1 aliphatic heterocycles. The van der Waals surface area contributed by atoms with E-state index in [4.69, 9.17) is 5.11 Å². The van der Waals surface area contributed by atoms with Crippen molar-refractivity contribution in [2.75, 3.05) is 13.2 Å². The number of aliphatic hydroxyl groups is 1. The van der Waals surface area contributed by atoms with Crippen LogP contribution in [-0.4, -0.2) is 35.4 Å². The Labute approximate surface area is 89.3 Å². The standard InChI is InChI=1S/C12H16FNO/c13-11-6-12(9-15)14(8-11)7-10-4-2-1-3-5-10/h1-5,11-12,15H,6-9H2. The Kier molecular flexibility index (Phi) is 3.34. The van der Waals surface area contributed by atoms with Crippen LogP contribution in [-0.2, 0) is 6.54 Å². The van der Waals surface area contributed by atoms with Gasteiger partial charge < -0.3 is 5.11 Å². The van der Waals surface area contributed by atoms with Crippen LogP contribution in [0.1, 0.15) is 12.0 Å². The molecule has 2 atom stereocenters. The Balaban J connectivity index is 2.00. The van der Waals surface area contributed by atoms with Crippen LogP contribution in [0.2, 0.25) is 0 Å². The Morgan fingerprint density at radius 1 is 1.33 bits per heavy atom. The lowest BCUT2D eigenvalue weighted by Crippen LogP contribution is -2.31. The highest BCUT2D eigenvalue weighted by Gasteiger charge is 2.31. The van der Waals surface area contributed by atoms with Gasteiger partial charge >= 0.3 is 0 Å². The molecule has 0 radical (unpaired) electrons. The SMILES string of the molecule is OCC1CC(F)CN1Cc1ccccc1. The normalized spacial score (nSPS) is 27.1. The van der Waals surface area contributed by atoms with Gasteiger partial charge in [-0.05, 0) is 12.0 Å². The zero-order valence-electron chi connectivity index (χ0n) is 8.64. The summed E-state index contributed by atoms with van der Waals surface area (Å²) in [7, 11) is 0. The van der Waals surface area contributed by atoms with Gasteiger partial charge in [0.05, 0.1) is 6.61 Å². The molecule has 1 aromatic rings. The van der Waals surface area contributed by atoms with Crippen LogP contribution in [0.15, 0.2) is 30.3 Å². The van der Waals surface area contributed by atoms with Gasteiger partial charge in [-0.25, -0.2) is 4.39 Å².